The number of aryl methyl sites for hydroxylation is 1. The third-order valence-corrected chi connectivity index (χ3v) is 3.45. The van der Waals surface area contributed by atoms with Gasteiger partial charge in [0.15, 0.2) is 10.8 Å². The van der Waals surface area contributed by atoms with Crippen molar-refractivity contribution in [1.82, 2.24) is 14.5 Å². The molecule has 0 saturated carbocycles. The van der Waals surface area contributed by atoms with Gasteiger partial charge in [-0.2, -0.15) is 0 Å². The largest absolute Gasteiger partial charge is 0.316 e. The highest BCUT2D eigenvalue weighted by Gasteiger charge is 2.11. The highest BCUT2D eigenvalue weighted by molar-refractivity contribution is 7.13. The lowest BCUT2D eigenvalue weighted by atomic mass is 10.4. The smallest absolute Gasteiger partial charge is 0.170 e. The number of hydrogen-bond acceptors (Lipinski definition) is 3. The predicted octanol–water partition coefficient (Wildman–Crippen LogP) is 2.98. The van der Waals surface area contributed by atoms with Crippen molar-refractivity contribution in [3.05, 3.63) is 22.4 Å². The third-order valence-electron chi connectivity index (χ3n) is 2.03. The zero-order valence-corrected chi connectivity index (χ0v) is 10.4. The summed E-state index contributed by atoms with van der Waals surface area (Å²) in [6.45, 7) is 0. The van der Waals surface area contributed by atoms with Gasteiger partial charge in [0.1, 0.15) is 5.15 Å². The Morgan fingerprint density at radius 1 is 1.53 bits per heavy atom. The molecular weight excluding hydrogens is 253 g/mol. The maximum Gasteiger partial charge on any atom is 0.170 e. The van der Waals surface area contributed by atoms with Crippen LogP contribution in [0.2, 0.25) is 5.15 Å². The van der Waals surface area contributed by atoms with Crippen LogP contribution < -0.4 is 0 Å². The molecule has 2 aromatic rings. The molecule has 0 radical (unpaired) electrons. The van der Waals surface area contributed by atoms with Gasteiger partial charge in [-0.3, -0.25) is 0 Å². The molecule has 2 aromatic heterocycles. The summed E-state index contributed by atoms with van der Waals surface area (Å²) in [4.78, 5) is 8.64. The first-order chi connectivity index (χ1) is 7.22. The summed E-state index contributed by atoms with van der Waals surface area (Å²) < 4.78 is 1.81. The summed E-state index contributed by atoms with van der Waals surface area (Å²) >= 11 is 13.1. The summed E-state index contributed by atoms with van der Waals surface area (Å²) in [7, 11) is 1.87. The second-order valence-electron chi connectivity index (χ2n) is 3.05. The van der Waals surface area contributed by atoms with Gasteiger partial charge >= 0.3 is 0 Å². The van der Waals surface area contributed by atoms with Gasteiger partial charge in [-0.15, -0.1) is 22.9 Å². The van der Waals surface area contributed by atoms with Crippen LogP contribution in [0.1, 0.15) is 5.69 Å². The lowest BCUT2D eigenvalue weighted by molar-refractivity contribution is 0.920. The number of thiazole rings is 1. The summed E-state index contributed by atoms with van der Waals surface area (Å²) in [5.74, 6) is 1.38. The highest BCUT2D eigenvalue weighted by Crippen LogP contribution is 2.24. The molecule has 0 atom stereocenters. The second kappa shape index (κ2) is 4.51. The Hall–Kier alpha value is -0.580. The molecule has 6 heteroatoms. The van der Waals surface area contributed by atoms with E-state index < -0.39 is 0 Å². The third kappa shape index (κ3) is 2.17. The molecule has 3 nitrogen and oxygen atoms in total. The van der Waals surface area contributed by atoms with Crippen molar-refractivity contribution < 1.29 is 0 Å². The van der Waals surface area contributed by atoms with Crippen molar-refractivity contribution in [1.29, 1.82) is 0 Å². The Balaban J connectivity index is 2.33. The van der Waals surface area contributed by atoms with Crippen LogP contribution in [0.15, 0.2) is 11.6 Å². The van der Waals surface area contributed by atoms with Crippen LogP contribution in [-0.4, -0.2) is 20.4 Å². The van der Waals surface area contributed by atoms with Crippen LogP contribution in [0, 0.1) is 0 Å². The Morgan fingerprint density at radius 3 is 2.93 bits per heavy atom. The fraction of sp³-hybridized carbons (Fsp3) is 0.333. The van der Waals surface area contributed by atoms with Gasteiger partial charge in [0.05, 0.1) is 11.9 Å². The highest BCUT2D eigenvalue weighted by atomic mass is 35.5. The van der Waals surface area contributed by atoms with Crippen LogP contribution in [0.3, 0.4) is 0 Å². The molecular formula is C9H9Cl2N3S. The molecule has 80 valence electrons. The van der Waals surface area contributed by atoms with E-state index in [1.54, 1.807) is 17.5 Å². The minimum Gasteiger partial charge on any atom is -0.316 e. The molecule has 0 aliphatic carbocycles. The zero-order valence-electron chi connectivity index (χ0n) is 8.07. The fourth-order valence-electron chi connectivity index (χ4n) is 1.21. The summed E-state index contributed by atoms with van der Waals surface area (Å²) in [6.07, 6.45) is 2.41. The van der Waals surface area contributed by atoms with Gasteiger partial charge in [0.25, 0.3) is 0 Å². The Bertz CT molecular complexity index is 464. The molecule has 0 aliphatic rings. The van der Waals surface area contributed by atoms with E-state index in [9.17, 15) is 0 Å². The number of imidazole rings is 1. The first-order valence-corrected chi connectivity index (χ1v) is 6.19. The summed E-state index contributed by atoms with van der Waals surface area (Å²) in [6, 6.07) is 0. The molecule has 15 heavy (non-hydrogen) atoms. The average molecular weight is 262 g/mol. The van der Waals surface area contributed by atoms with E-state index in [1.807, 2.05) is 17.0 Å². The number of rotatable bonds is 3. The van der Waals surface area contributed by atoms with E-state index >= 15 is 0 Å². The maximum absolute atomic E-state index is 5.90. The number of hydrogen-bond donors (Lipinski definition) is 0. The number of aromatic nitrogens is 3. The molecule has 0 spiro atoms. The number of halogens is 2. The fourth-order valence-corrected chi connectivity index (χ4v) is 2.41. The molecule has 0 N–H and O–H groups in total. The molecule has 2 rings (SSSR count). The number of nitrogens with zero attached hydrogens (tertiary/aromatic N) is 3. The SMILES string of the molecule is Cn1c(Cl)cnc1-c1nc(CCCl)cs1. The van der Waals surface area contributed by atoms with Gasteiger partial charge in [-0.05, 0) is 0 Å². The second-order valence-corrected chi connectivity index (χ2v) is 4.67. The molecule has 0 unspecified atom stereocenters. The Kier molecular flexibility index (Phi) is 3.29. The van der Waals surface area contributed by atoms with E-state index in [0.717, 1.165) is 22.9 Å². The van der Waals surface area contributed by atoms with Crippen LogP contribution in [0.5, 0.6) is 0 Å². The van der Waals surface area contributed by atoms with Crippen molar-refractivity contribution in [2.45, 2.75) is 6.42 Å². The Labute approximate surface area is 102 Å². The van der Waals surface area contributed by atoms with E-state index in [-0.39, 0.29) is 0 Å². The molecule has 2 heterocycles. The quantitative estimate of drug-likeness (QED) is 0.796. The topological polar surface area (TPSA) is 30.7 Å². The van der Waals surface area contributed by atoms with Crippen LogP contribution in [0.4, 0.5) is 0 Å². The van der Waals surface area contributed by atoms with Gasteiger partial charge in [0.2, 0.25) is 0 Å². The van der Waals surface area contributed by atoms with Crippen molar-refractivity contribution in [3.63, 3.8) is 0 Å². The lowest BCUT2D eigenvalue weighted by Crippen LogP contribution is -1.93. The summed E-state index contributed by atoms with van der Waals surface area (Å²) in [5, 5.41) is 3.49. The Morgan fingerprint density at radius 2 is 2.33 bits per heavy atom. The van der Waals surface area contributed by atoms with Gasteiger partial charge in [-0.1, -0.05) is 11.6 Å². The molecule has 0 bridgehead atoms. The first-order valence-electron chi connectivity index (χ1n) is 4.40. The molecule has 0 amide bonds. The standard InChI is InChI=1S/C9H9Cl2N3S/c1-14-7(11)4-12-8(14)9-13-6(2-3-10)5-15-9/h4-5H,2-3H2,1H3. The summed E-state index contributed by atoms with van der Waals surface area (Å²) in [5.41, 5.74) is 1.00. The minimum absolute atomic E-state index is 0.588. The van der Waals surface area contributed by atoms with Gasteiger partial charge in [0, 0.05) is 24.7 Å². The van der Waals surface area contributed by atoms with E-state index in [4.69, 9.17) is 23.2 Å². The van der Waals surface area contributed by atoms with Crippen LogP contribution >= 0.6 is 34.5 Å². The van der Waals surface area contributed by atoms with E-state index in [2.05, 4.69) is 9.97 Å². The first kappa shape index (κ1) is 10.9. The van der Waals surface area contributed by atoms with E-state index in [0.29, 0.717) is 11.0 Å². The predicted molar refractivity (Wildman–Crippen MR) is 63.8 cm³/mol. The molecule has 0 fully saturated rings. The van der Waals surface area contributed by atoms with Crippen molar-refractivity contribution in [2.75, 3.05) is 5.88 Å². The van der Waals surface area contributed by atoms with Crippen molar-refractivity contribution in [3.8, 4) is 10.8 Å². The van der Waals surface area contributed by atoms with E-state index in [1.165, 1.54) is 0 Å². The maximum atomic E-state index is 5.90. The van der Waals surface area contributed by atoms with Crippen molar-refractivity contribution in [2.24, 2.45) is 7.05 Å². The van der Waals surface area contributed by atoms with Crippen LogP contribution in [0.25, 0.3) is 10.8 Å². The normalized spacial score (nSPS) is 10.9. The molecule has 0 aliphatic heterocycles. The van der Waals surface area contributed by atoms with Crippen LogP contribution in [-0.2, 0) is 13.5 Å². The average Bonchev–Trinajstić information content (AvgIpc) is 2.77. The lowest BCUT2D eigenvalue weighted by Gasteiger charge is -1.97. The monoisotopic (exact) mass is 261 g/mol. The zero-order chi connectivity index (χ0) is 10.8. The molecule has 0 aromatic carbocycles. The van der Waals surface area contributed by atoms with Crippen molar-refractivity contribution >= 4 is 34.5 Å². The van der Waals surface area contributed by atoms with Gasteiger partial charge in [-0.25, -0.2) is 9.97 Å². The molecule has 0 saturated heterocycles. The minimum atomic E-state index is 0.588. The van der Waals surface area contributed by atoms with Gasteiger partial charge < -0.3 is 4.57 Å². The number of alkyl halides is 1.